The van der Waals surface area contributed by atoms with Crippen LogP contribution in [0.5, 0.6) is 0 Å². The number of nitrogens with zero attached hydrogens (tertiary/aromatic N) is 2. The van der Waals surface area contributed by atoms with Crippen LogP contribution in [0.4, 0.5) is 22.0 Å². The fraction of sp³-hybridized carbons (Fsp3) is 0.333. The van der Waals surface area contributed by atoms with Crippen LogP contribution >= 0.6 is 0 Å². The van der Waals surface area contributed by atoms with Gasteiger partial charge in [0.25, 0.3) is 0 Å². The van der Waals surface area contributed by atoms with E-state index >= 15 is 0 Å². The van der Waals surface area contributed by atoms with Crippen LogP contribution in [0, 0.1) is 0 Å². The van der Waals surface area contributed by atoms with E-state index in [0.717, 1.165) is 12.4 Å². The molecule has 0 amide bonds. The zero-order valence-corrected chi connectivity index (χ0v) is 6.02. The highest BCUT2D eigenvalue weighted by atomic mass is 19.4. The highest BCUT2D eigenvalue weighted by molar-refractivity contribution is 5.06. The van der Waals surface area contributed by atoms with Crippen LogP contribution in [-0.4, -0.2) is 16.1 Å². The van der Waals surface area contributed by atoms with Crippen LogP contribution in [-0.2, 0) is 5.92 Å². The predicted octanol–water partition coefficient (Wildman–Crippen LogP) is 2.13. The molecule has 0 radical (unpaired) electrons. The number of aromatic nitrogens is 2. The third kappa shape index (κ3) is 1.73. The molecule has 0 aliphatic carbocycles. The van der Waals surface area contributed by atoms with Gasteiger partial charge >= 0.3 is 12.1 Å². The van der Waals surface area contributed by atoms with E-state index in [1.807, 2.05) is 0 Å². The number of halogens is 5. The first-order valence-electron chi connectivity index (χ1n) is 3.07. The van der Waals surface area contributed by atoms with Gasteiger partial charge in [0.1, 0.15) is 5.69 Å². The lowest BCUT2D eigenvalue weighted by Gasteiger charge is -2.17. The monoisotopic (exact) mass is 198 g/mol. The maximum atomic E-state index is 12.4. The summed E-state index contributed by atoms with van der Waals surface area (Å²) in [5, 5.41) is 0. The number of hydrogen-bond donors (Lipinski definition) is 0. The molecule has 2 nitrogen and oxygen atoms in total. The molecule has 72 valence electrons. The summed E-state index contributed by atoms with van der Waals surface area (Å²) in [7, 11) is 0. The molecule has 0 atom stereocenters. The molecule has 0 aliphatic rings. The van der Waals surface area contributed by atoms with Crippen LogP contribution < -0.4 is 0 Å². The van der Waals surface area contributed by atoms with E-state index < -0.39 is 17.8 Å². The summed E-state index contributed by atoms with van der Waals surface area (Å²) < 4.78 is 60.0. The second kappa shape index (κ2) is 2.90. The molecule has 0 saturated carbocycles. The van der Waals surface area contributed by atoms with E-state index in [9.17, 15) is 22.0 Å². The molecule has 1 rings (SSSR count). The zero-order valence-electron chi connectivity index (χ0n) is 6.02. The van der Waals surface area contributed by atoms with Gasteiger partial charge in [-0.15, -0.1) is 0 Å². The third-order valence-corrected chi connectivity index (χ3v) is 1.24. The van der Waals surface area contributed by atoms with Crippen LogP contribution in [0.2, 0.25) is 0 Å². The van der Waals surface area contributed by atoms with Crippen molar-refractivity contribution in [3.05, 3.63) is 24.3 Å². The Labute approximate surface area is 69.4 Å². The van der Waals surface area contributed by atoms with E-state index in [2.05, 4.69) is 9.97 Å². The lowest BCUT2D eigenvalue weighted by Crippen LogP contribution is -2.34. The maximum Gasteiger partial charge on any atom is 0.459 e. The van der Waals surface area contributed by atoms with Crippen molar-refractivity contribution in [3.8, 4) is 0 Å². The van der Waals surface area contributed by atoms with E-state index in [1.54, 1.807) is 0 Å². The average Bonchev–Trinajstić information content (AvgIpc) is 2.04. The van der Waals surface area contributed by atoms with Crippen LogP contribution in [0.15, 0.2) is 18.6 Å². The number of rotatable bonds is 1. The SMILES string of the molecule is FC(F)(F)C(F)(F)c1cnccn1. The quantitative estimate of drug-likeness (QED) is 0.646. The highest BCUT2D eigenvalue weighted by Gasteiger charge is 2.60. The van der Waals surface area contributed by atoms with Crippen molar-refractivity contribution < 1.29 is 22.0 Å². The Bertz CT molecular complexity index is 281. The van der Waals surface area contributed by atoms with Crippen molar-refractivity contribution in [1.29, 1.82) is 0 Å². The molecule has 1 aromatic heterocycles. The van der Waals surface area contributed by atoms with Crippen LogP contribution in [0.3, 0.4) is 0 Å². The fourth-order valence-corrected chi connectivity index (χ4v) is 0.606. The third-order valence-electron chi connectivity index (χ3n) is 1.24. The first-order chi connectivity index (χ1) is 5.86. The lowest BCUT2D eigenvalue weighted by molar-refractivity contribution is -0.291. The summed E-state index contributed by atoms with van der Waals surface area (Å²) in [6.07, 6.45) is -3.47. The Morgan fingerprint density at radius 2 is 1.62 bits per heavy atom. The van der Waals surface area contributed by atoms with Gasteiger partial charge < -0.3 is 0 Å². The minimum absolute atomic E-state index is 0.382. The summed E-state index contributed by atoms with van der Waals surface area (Å²) in [4.78, 5) is 6.01. The Kier molecular flexibility index (Phi) is 2.19. The summed E-state index contributed by atoms with van der Waals surface area (Å²) in [6.45, 7) is 0. The van der Waals surface area contributed by atoms with Crippen molar-refractivity contribution in [1.82, 2.24) is 9.97 Å². The van der Waals surface area contributed by atoms with E-state index in [-0.39, 0.29) is 0 Å². The van der Waals surface area contributed by atoms with Gasteiger partial charge in [-0.05, 0) is 0 Å². The standard InChI is InChI=1S/C6H3F5N2/c7-5(8,6(9,10)11)4-3-12-1-2-13-4/h1-3H. The Hall–Kier alpha value is -1.27. The molecule has 0 spiro atoms. The van der Waals surface area contributed by atoms with Gasteiger partial charge in [0, 0.05) is 12.4 Å². The Morgan fingerprint density at radius 3 is 2.00 bits per heavy atom. The van der Waals surface area contributed by atoms with Crippen molar-refractivity contribution in [2.45, 2.75) is 12.1 Å². The summed E-state index contributed by atoms with van der Waals surface area (Å²) >= 11 is 0. The summed E-state index contributed by atoms with van der Waals surface area (Å²) in [5.74, 6) is -4.94. The van der Waals surface area contributed by atoms with Gasteiger partial charge in [-0.2, -0.15) is 22.0 Å². The molecule has 0 N–H and O–H groups in total. The van der Waals surface area contributed by atoms with Gasteiger partial charge in [-0.1, -0.05) is 0 Å². The van der Waals surface area contributed by atoms with Gasteiger partial charge in [0.2, 0.25) is 0 Å². The molecule has 13 heavy (non-hydrogen) atoms. The number of alkyl halides is 5. The molecule has 0 aliphatic heterocycles. The van der Waals surface area contributed by atoms with Gasteiger partial charge in [0.15, 0.2) is 0 Å². The molecule has 1 aromatic rings. The van der Waals surface area contributed by atoms with Crippen LogP contribution in [0.25, 0.3) is 0 Å². The molecular formula is C6H3F5N2. The fourth-order valence-electron chi connectivity index (χ4n) is 0.606. The van der Waals surface area contributed by atoms with Gasteiger partial charge in [-0.3, -0.25) is 9.97 Å². The van der Waals surface area contributed by atoms with Crippen molar-refractivity contribution in [3.63, 3.8) is 0 Å². The van der Waals surface area contributed by atoms with Crippen molar-refractivity contribution >= 4 is 0 Å². The first kappa shape index (κ1) is 9.82. The second-order valence-corrected chi connectivity index (χ2v) is 2.16. The Balaban J connectivity index is 3.08. The second-order valence-electron chi connectivity index (χ2n) is 2.16. The zero-order chi connectivity index (χ0) is 10.1. The topological polar surface area (TPSA) is 25.8 Å². The maximum absolute atomic E-state index is 12.4. The van der Waals surface area contributed by atoms with Gasteiger partial charge in [-0.25, -0.2) is 0 Å². The molecule has 0 bridgehead atoms. The lowest BCUT2D eigenvalue weighted by atomic mass is 10.2. The van der Waals surface area contributed by atoms with E-state index in [0.29, 0.717) is 6.20 Å². The number of hydrogen-bond acceptors (Lipinski definition) is 2. The van der Waals surface area contributed by atoms with Gasteiger partial charge in [0.05, 0.1) is 6.20 Å². The van der Waals surface area contributed by atoms with E-state index in [4.69, 9.17) is 0 Å². The van der Waals surface area contributed by atoms with Crippen LogP contribution in [0.1, 0.15) is 5.69 Å². The largest absolute Gasteiger partial charge is 0.459 e. The molecule has 0 aromatic carbocycles. The smallest absolute Gasteiger partial charge is 0.261 e. The van der Waals surface area contributed by atoms with Crippen molar-refractivity contribution in [2.75, 3.05) is 0 Å². The van der Waals surface area contributed by atoms with Crippen molar-refractivity contribution in [2.24, 2.45) is 0 Å². The first-order valence-corrected chi connectivity index (χ1v) is 3.07. The van der Waals surface area contributed by atoms with E-state index in [1.165, 1.54) is 0 Å². The predicted molar refractivity (Wildman–Crippen MR) is 32.0 cm³/mol. The molecule has 0 fully saturated rings. The molecule has 0 saturated heterocycles. The molecule has 0 unspecified atom stereocenters. The Morgan fingerprint density at radius 1 is 1.00 bits per heavy atom. The minimum Gasteiger partial charge on any atom is -0.261 e. The normalized spacial score (nSPS) is 13.0. The minimum atomic E-state index is -5.64. The highest BCUT2D eigenvalue weighted by Crippen LogP contribution is 2.42. The molecular weight excluding hydrogens is 195 g/mol. The summed E-state index contributed by atoms with van der Waals surface area (Å²) in [5.41, 5.74) is -1.40. The summed E-state index contributed by atoms with van der Waals surface area (Å²) in [6, 6.07) is 0. The molecule has 7 heteroatoms. The molecule has 1 heterocycles. The average molecular weight is 198 g/mol.